The average molecular weight is 259 g/mol. The molecule has 0 radical (unpaired) electrons. The molecule has 0 spiro atoms. The summed E-state index contributed by atoms with van der Waals surface area (Å²) in [6.07, 6.45) is -3.13. The van der Waals surface area contributed by atoms with E-state index < -0.39 is 24.0 Å². The highest BCUT2D eigenvalue weighted by Gasteiger charge is 2.63. The fourth-order valence-corrected chi connectivity index (χ4v) is 1.49. The van der Waals surface area contributed by atoms with E-state index in [1.54, 1.807) is 12.2 Å². The number of alkyl halides is 5. The normalized spacial score (nSPS) is 18.9. The van der Waals surface area contributed by atoms with Crippen molar-refractivity contribution in [3.8, 4) is 0 Å². The average Bonchev–Trinajstić information content (AvgIpc) is 2.98. The first-order chi connectivity index (χ1) is 7.68. The quantitative estimate of drug-likeness (QED) is 0.756. The number of hydrogen-bond donors (Lipinski definition) is 1. The summed E-state index contributed by atoms with van der Waals surface area (Å²) in [5.74, 6) is -7.22. The van der Waals surface area contributed by atoms with Gasteiger partial charge in [0.1, 0.15) is 0 Å². The van der Waals surface area contributed by atoms with Crippen molar-refractivity contribution in [3.05, 3.63) is 0 Å². The van der Waals surface area contributed by atoms with Gasteiger partial charge in [-0.3, -0.25) is 4.79 Å². The third kappa shape index (κ3) is 3.54. The highest BCUT2D eigenvalue weighted by atomic mass is 19.4. The zero-order chi connectivity index (χ0) is 13.3. The predicted octanol–water partition coefficient (Wildman–Crippen LogP) is 2.88. The van der Waals surface area contributed by atoms with Gasteiger partial charge in [-0.25, -0.2) is 0 Å². The Hall–Kier alpha value is -0.880. The predicted molar refractivity (Wildman–Crippen MR) is 50.6 cm³/mol. The number of amides is 1. The molecule has 100 valence electrons. The third-order valence-electron chi connectivity index (χ3n) is 2.78. The first kappa shape index (κ1) is 14.2. The fourth-order valence-electron chi connectivity index (χ4n) is 1.49. The van der Waals surface area contributed by atoms with Gasteiger partial charge in [-0.1, -0.05) is 19.8 Å². The monoisotopic (exact) mass is 259 g/mol. The Balaban J connectivity index is 2.56. The zero-order valence-electron chi connectivity index (χ0n) is 9.28. The molecule has 0 heterocycles. The zero-order valence-corrected chi connectivity index (χ0v) is 9.28. The van der Waals surface area contributed by atoms with Crippen molar-refractivity contribution in [2.45, 2.75) is 50.7 Å². The van der Waals surface area contributed by atoms with E-state index in [-0.39, 0.29) is 0 Å². The minimum absolute atomic E-state index is 0.343. The van der Waals surface area contributed by atoms with Crippen LogP contribution in [0.4, 0.5) is 22.0 Å². The molecule has 0 aromatic rings. The van der Waals surface area contributed by atoms with Crippen LogP contribution in [0.15, 0.2) is 0 Å². The van der Waals surface area contributed by atoms with E-state index in [0.717, 1.165) is 12.8 Å². The van der Waals surface area contributed by atoms with Gasteiger partial charge in [-0.05, 0) is 18.8 Å². The molecule has 1 amide bonds. The van der Waals surface area contributed by atoms with E-state index in [1.165, 1.54) is 0 Å². The van der Waals surface area contributed by atoms with Gasteiger partial charge in [0, 0.05) is 6.04 Å². The summed E-state index contributed by atoms with van der Waals surface area (Å²) < 4.78 is 61.0. The number of carbonyl (C=O) groups excluding carboxylic acids is 1. The van der Waals surface area contributed by atoms with Crippen LogP contribution >= 0.6 is 0 Å². The summed E-state index contributed by atoms with van der Waals surface area (Å²) in [7, 11) is 0. The Morgan fingerprint density at radius 3 is 2.18 bits per heavy atom. The maximum Gasteiger partial charge on any atom is 0.463 e. The SMILES string of the molecule is CCC(CC1CC1)NC(=O)C(F)(F)C(F)(F)F. The van der Waals surface area contributed by atoms with Crippen molar-refractivity contribution in [1.29, 1.82) is 0 Å². The molecule has 0 saturated heterocycles. The van der Waals surface area contributed by atoms with Crippen molar-refractivity contribution in [3.63, 3.8) is 0 Å². The molecule has 1 rings (SSSR count). The molecule has 0 bridgehead atoms. The Morgan fingerprint density at radius 1 is 1.29 bits per heavy atom. The van der Waals surface area contributed by atoms with E-state index in [9.17, 15) is 26.7 Å². The van der Waals surface area contributed by atoms with E-state index >= 15 is 0 Å². The van der Waals surface area contributed by atoms with Crippen molar-refractivity contribution >= 4 is 5.91 Å². The highest BCUT2D eigenvalue weighted by Crippen LogP contribution is 2.37. The van der Waals surface area contributed by atoms with Gasteiger partial charge in [0.15, 0.2) is 0 Å². The molecule has 1 aliphatic carbocycles. The van der Waals surface area contributed by atoms with Crippen LogP contribution in [0.25, 0.3) is 0 Å². The second-order valence-electron chi connectivity index (χ2n) is 4.33. The molecule has 1 atom stereocenters. The maximum atomic E-state index is 12.6. The van der Waals surface area contributed by atoms with Crippen molar-refractivity contribution in [2.75, 3.05) is 0 Å². The number of nitrogens with one attached hydrogen (secondary N) is 1. The standard InChI is InChI=1S/C10H14F5NO/c1-2-7(5-6-3-4-6)16-8(17)9(11,12)10(13,14)15/h6-7H,2-5H2,1H3,(H,16,17). The lowest BCUT2D eigenvalue weighted by atomic mass is 10.1. The molecule has 0 aromatic heterocycles. The van der Waals surface area contributed by atoms with E-state index in [0.29, 0.717) is 18.8 Å². The summed E-state index contributed by atoms with van der Waals surface area (Å²) in [5.41, 5.74) is 0. The first-order valence-electron chi connectivity index (χ1n) is 5.44. The molecule has 1 aliphatic rings. The van der Waals surface area contributed by atoms with Gasteiger partial charge >= 0.3 is 18.0 Å². The molecule has 1 fully saturated rings. The Bertz CT molecular complexity index is 285. The van der Waals surface area contributed by atoms with Gasteiger partial charge in [0.25, 0.3) is 0 Å². The van der Waals surface area contributed by atoms with Crippen LogP contribution in [-0.4, -0.2) is 24.0 Å². The van der Waals surface area contributed by atoms with Crippen molar-refractivity contribution in [2.24, 2.45) is 5.92 Å². The third-order valence-corrected chi connectivity index (χ3v) is 2.78. The molecule has 17 heavy (non-hydrogen) atoms. The van der Waals surface area contributed by atoms with Crippen LogP contribution in [0.3, 0.4) is 0 Å². The molecule has 2 nitrogen and oxygen atoms in total. The summed E-state index contributed by atoms with van der Waals surface area (Å²) >= 11 is 0. The molecule has 1 saturated carbocycles. The van der Waals surface area contributed by atoms with E-state index in [4.69, 9.17) is 0 Å². The van der Waals surface area contributed by atoms with Gasteiger partial charge in [0.2, 0.25) is 0 Å². The Kier molecular flexibility index (Phi) is 3.99. The summed E-state index contributed by atoms with van der Waals surface area (Å²) in [5, 5.41) is 1.78. The minimum Gasteiger partial charge on any atom is -0.348 e. The smallest absolute Gasteiger partial charge is 0.348 e. The van der Waals surface area contributed by atoms with Crippen molar-refractivity contribution in [1.82, 2.24) is 5.32 Å². The van der Waals surface area contributed by atoms with Crippen LogP contribution < -0.4 is 5.32 Å². The second kappa shape index (κ2) is 4.78. The molecule has 1 unspecified atom stereocenters. The van der Waals surface area contributed by atoms with Gasteiger partial charge in [0.05, 0.1) is 0 Å². The molecule has 0 aliphatic heterocycles. The lowest BCUT2D eigenvalue weighted by molar-refractivity contribution is -0.270. The summed E-state index contributed by atoms with van der Waals surface area (Å²) in [4.78, 5) is 10.9. The Morgan fingerprint density at radius 2 is 1.82 bits per heavy atom. The molecular formula is C10H14F5NO. The lowest BCUT2D eigenvalue weighted by Gasteiger charge is -2.22. The van der Waals surface area contributed by atoms with Gasteiger partial charge < -0.3 is 5.32 Å². The van der Waals surface area contributed by atoms with Crippen LogP contribution in [0, 0.1) is 5.92 Å². The van der Waals surface area contributed by atoms with Crippen molar-refractivity contribution < 1.29 is 26.7 Å². The van der Waals surface area contributed by atoms with Gasteiger partial charge in [-0.2, -0.15) is 22.0 Å². The highest BCUT2D eigenvalue weighted by molar-refractivity contribution is 5.84. The van der Waals surface area contributed by atoms with Crippen LogP contribution in [-0.2, 0) is 4.79 Å². The molecule has 0 aromatic carbocycles. The second-order valence-corrected chi connectivity index (χ2v) is 4.33. The molecule has 1 N–H and O–H groups in total. The number of rotatable bonds is 5. The number of hydrogen-bond acceptors (Lipinski definition) is 1. The van der Waals surface area contributed by atoms with Crippen LogP contribution in [0.2, 0.25) is 0 Å². The minimum atomic E-state index is -5.84. The lowest BCUT2D eigenvalue weighted by Crippen LogP contribution is -2.53. The van der Waals surface area contributed by atoms with E-state index in [1.807, 2.05) is 0 Å². The topological polar surface area (TPSA) is 29.1 Å². The first-order valence-corrected chi connectivity index (χ1v) is 5.44. The summed E-state index contributed by atoms with van der Waals surface area (Å²) in [6, 6.07) is -0.608. The summed E-state index contributed by atoms with van der Waals surface area (Å²) in [6.45, 7) is 1.64. The molecular weight excluding hydrogens is 245 g/mol. The fraction of sp³-hybridized carbons (Fsp3) is 0.900. The van der Waals surface area contributed by atoms with Gasteiger partial charge in [-0.15, -0.1) is 0 Å². The van der Waals surface area contributed by atoms with Crippen LogP contribution in [0.5, 0.6) is 0 Å². The maximum absolute atomic E-state index is 12.6. The molecule has 7 heteroatoms. The Labute approximate surface area is 95.6 Å². The number of carbonyl (C=O) groups is 1. The number of halogens is 5. The van der Waals surface area contributed by atoms with Crippen LogP contribution in [0.1, 0.15) is 32.6 Å². The largest absolute Gasteiger partial charge is 0.463 e. The van der Waals surface area contributed by atoms with E-state index in [2.05, 4.69) is 0 Å².